The molecule has 0 radical (unpaired) electrons. The minimum Gasteiger partial charge on any atom is -0.479 e. The normalized spacial score (nSPS) is 18.6. The van der Waals surface area contributed by atoms with Gasteiger partial charge in [0.1, 0.15) is 0 Å². The number of morpholine rings is 1. The van der Waals surface area contributed by atoms with Crippen molar-refractivity contribution < 1.29 is 28.2 Å². The summed E-state index contributed by atoms with van der Waals surface area (Å²) in [5.41, 5.74) is 0. The third-order valence-electron chi connectivity index (χ3n) is 2.95. The van der Waals surface area contributed by atoms with Gasteiger partial charge in [-0.1, -0.05) is 0 Å². The molecule has 21 heavy (non-hydrogen) atoms. The van der Waals surface area contributed by atoms with Crippen LogP contribution >= 0.6 is 11.8 Å². The van der Waals surface area contributed by atoms with E-state index in [2.05, 4.69) is 0 Å². The van der Waals surface area contributed by atoms with Crippen LogP contribution in [-0.4, -0.2) is 53.4 Å². The van der Waals surface area contributed by atoms with Gasteiger partial charge in [0.2, 0.25) is 5.91 Å². The summed E-state index contributed by atoms with van der Waals surface area (Å²) in [7, 11) is 0. The maximum Gasteiger partial charge on any atom is 0.334 e. The number of amides is 1. The second-order valence-electron chi connectivity index (χ2n) is 4.40. The summed E-state index contributed by atoms with van der Waals surface area (Å²) in [6.45, 7) is 0.478. The van der Waals surface area contributed by atoms with Gasteiger partial charge in [-0.05, 0) is 18.2 Å². The lowest BCUT2D eigenvalue weighted by Gasteiger charge is -2.30. The second-order valence-corrected chi connectivity index (χ2v) is 5.45. The molecule has 8 heteroatoms. The average Bonchev–Trinajstić information content (AvgIpc) is 2.48. The van der Waals surface area contributed by atoms with Crippen LogP contribution in [-0.2, 0) is 14.3 Å². The first-order valence-corrected chi connectivity index (χ1v) is 7.16. The van der Waals surface area contributed by atoms with E-state index in [1.54, 1.807) is 0 Å². The van der Waals surface area contributed by atoms with Crippen LogP contribution in [0.15, 0.2) is 23.1 Å². The van der Waals surface area contributed by atoms with E-state index in [9.17, 15) is 18.4 Å². The molecule has 1 amide bonds. The number of nitrogens with zero attached hydrogens (tertiary/aromatic N) is 1. The fourth-order valence-corrected chi connectivity index (χ4v) is 2.65. The van der Waals surface area contributed by atoms with Gasteiger partial charge in [0.15, 0.2) is 17.7 Å². The van der Waals surface area contributed by atoms with Crippen molar-refractivity contribution >= 4 is 23.6 Å². The molecule has 1 aromatic carbocycles. The Morgan fingerprint density at radius 2 is 2.14 bits per heavy atom. The summed E-state index contributed by atoms with van der Waals surface area (Å²) in [6, 6.07) is 3.40. The number of carbonyl (C=O) groups excluding carboxylic acids is 1. The summed E-state index contributed by atoms with van der Waals surface area (Å²) in [6.07, 6.45) is -1.02. The number of hydrogen-bond donors (Lipinski definition) is 1. The van der Waals surface area contributed by atoms with Crippen LogP contribution in [0.1, 0.15) is 0 Å². The lowest BCUT2D eigenvalue weighted by atomic mass is 10.3. The first-order chi connectivity index (χ1) is 9.97. The number of carboxylic acids is 1. The number of benzene rings is 1. The van der Waals surface area contributed by atoms with Gasteiger partial charge in [0.25, 0.3) is 0 Å². The van der Waals surface area contributed by atoms with Crippen molar-refractivity contribution in [2.45, 2.75) is 11.0 Å². The maximum atomic E-state index is 13.0. The third-order valence-corrected chi connectivity index (χ3v) is 3.93. The molecule has 2 rings (SSSR count). The first-order valence-electron chi connectivity index (χ1n) is 6.17. The summed E-state index contributed by atoms with van der Waals surface area (Å²) in [4.78, 5) is 24.6. The van der Waals surface area contributed by atoms with Crippen molar-refractivity contribution in [1.82, 2.24) is 4.90 Å². The first kappa shape index (κ1) is 15.7. The van der Waals surface area contributed by atoms with Gasteiger partial charge in [0, 0.05) is 11.4 Å². The molecule has 1 aliphatic heterocycles. The largest absolute Gasteiger partial charge is 0.479 e. The Labute approximate surface area is 123 Å². The van der Waals surface area contributed by atoms with Gasteiger partial charge >= 0.3 is 5.97 Å². The topological polar surface area (TPSA) is 66.8 Å². The van der Waals surface area contributed by atoms with Gasteiger partial charge < -0.3 is 14.7 Å². The minimum atomic E-state index is -1.11. The molecule has 5 nitrogen and oxygen atoms in total. The average molecular weight is 317 g/mol. The predicted octanol–water partition coefficient (Wildman–Crippen LogP) is 1.37. The second kappa shape index (κ2) is 6.86. The van der Waals surface area contributed by atoms with Gasteiger partial charge in [-0.3, -0.25) is 4.79 Å². The van der Waals surface area contributed by atoms with Crippen molar-refractivity contribution in [1.29, 1.82) is 0 Å². The molecular formula is C13H13F2NO4S. The van der Waals surface area contributed by atoms with Crippen LogP contribution in [0, 0.1) is 11.6 Å². The van der Waals surface area contributed by atoms with Gasteiger partial charge in [-0.15, -0.1) is 11.8 Å². The molecule has 1 aliphatic rings. The molecule has 1 fully saturated rings. The molecule has 1 heterocycles. The van der Waals surface area contributed by atoms with Gasteiger partial charge in [0.05, 0.1) is 18.9 Å². The number of ether oxygens (including phenoxy) is 1. The zero-order valence-electron chi connectivity index (χ0n) is 10.9. The van der Waals surface area contributed by atoms with Gasteiger partial charge in [-0.25, -0.2) is 13.6 Å². The Bertz CT molecular complexity index is 555. The number of hydrogen-bond acceptors (Lipinski definition) is 4. The van der Waals surface area contributed by atoms with E-state index in [1.807, 2.05) is 0 Å². The number of aliphatic carboxylic acids is 1. The Balaban J connectivity index is 1.89. The van der Waals surface area contributed by atoms with E-state index in [1.165, 1.54) is 11.0 Å². The summed E-state index contributed by atoms with van der Waals surface area (Å²) < 4.78 is 30.8. The monoisotopic (exact) mass is 317 g/mol. The van der Waals surface area contributed by atoms with Crippen LogP contribution in [0.4, 0.5) is 8.78 Å². The van der Waals surface area contributed by atoms with Crippen LogP contribution in [0.5, 0.6) is 0 Å². The van der Waals surface area contributed by atoms with E-state index in [0.29, 0.717) is 11.4 Å². The Kier molecular flexibility index (Phi) is 5.13. The fraction of sp³-hybridized carbons (Fsp3) is 0.385. The molecule has 1 N–H and O–H groups in total. The highest BCUT2D eigenvalue weighted by Crippen LogP contribution is 2.21. The van der Waals surface area contributed by atoms with E-state index in [0.717, 1.165) is 23.9 Å². The van der Waals surface area contributed by atoms with Gasteiger partial charge in [-0.2, -0.15) is 0 Å². The molecule has 114 valence electrons. The third kappa shape index (κ3) is 4.15. The van der Waals surface area contributed by atoms with E-state index in [4.69, 9.17) is 9.84 Å². The minimum absolute atomic E-state index is 0.00743. The standard InChI is InChI=1S/C13H13F2NO4S/c14-9-2-1-8(5-10(9)15)21-7-12(17)16-3-4-20-11(6-16)13(18)19/h1-2,5,11H,3-4,6-7H2,(H,18,19). The van der Waals surface area contributed by atoms with Crippen molar-refractivity contribution in [3.8, 4) is 0 Å². The Hall–Kier alpha value is -1.67. The van der Waals surface area contributed by atoms with Crippen molar-refractivity contribution in [3.05, 3.63) is 29.8 Å². The Morgan fingerprint density at radius 3 is 2.81 bits per heavy atom. The number of rotatable bonds is 4. The molecule has 0 bridgehead atoms. The van der Waals surface area contributed by atoms with Crippen LogP contribution in [0.2, 0.25) is 0 Å². The number of carbonyl (C=O) groups is 2. The quantitative estimate of drug-likeness (QED) is 0.850. The molecule has 1 aromatic rings. The number of thioether (sulfide) groups is 1. The zero-order valence-corrected chi connectivity index (χ0v) is 11.7. The SMILES string of the molecule is O=C(O)C1CN(C(=O)CSc2ccc(F)c(F)c2)CCO1. The zero-order chi connectivity index (χ0) is 15.4. The van der Waals surface area contributed by atoms with Crippen LogP contribution in [0.3, 0.4) is 0 Å². The molecule has 0 aromatic heterocycles. The summed E-state index contributed by atoms with van der Waals surface area (Å²) in [5.74, 6) is -3.26. The Morgan fingerprint density at radius 1 is 1.38 bits per heavy atom. The highest BCUT2D eigenvalue weighted by Gasteiger charge is 2.28. The predicted molar refractivity (Wildman–Crippen MR) is 71.0 cm³/mol. The van der Waals surface area contributed by atoms with Crippen molar-refractivity contribution in [2.75, 3.05) is 25.4 Å². The van der Waals surface area contributed by atoms with E-state index >= 15 is 0 Å². The maximum absolute atomic E-state index is 13.0. The number of carboxylic acid groups (broad SMARTS) is 1. The van der Waals surface area contributed by atoms with Crippen molar-refractivity contribution in [2.24, 2.45) is 0 Å². The lowest BCUT2D eigenvalue weighted by Crippen LogP contribution is -2.49. The molecule has 0 saturated carbocycles. The van der Waals surface area contributed by atoms with Crippen LogP contribution < -0.4 is 0 Å². The molecule has 0 aliphatic carbocycles. The summed E-state index contributed by atoms with van der Waals surface area (Å²) in [5, 5.41) is 8.86. The molecule has 1 atom stereocenters. The van der Waals surface area contributed by atoms with E-state index < -0.39 is 23.7 Å². The molecule has 1 unspecified atom stereocenters. The highest BCUT2D eigenvalue weighted by molar-refractivity contribution is 8.00. The number of halogens is 2. The molecular weight excluding hydrogens is 304 g/mol. The van der Waals surface area contributed by atoms with Crippen molar-refractivity contribution in [3.63, 3.8) is 0 Å². The highest BCUT2D eigenvalue weighted by atomic mass is 32.2. The molecule has 0 spiro atoms. The smallest absolute Gasteiger partial charge is 0.334 e. The summed E-state index contributed by atoms with van der Waals surface area (Å²) >= 11 is 1.07. The molecule has 1 saturated heterocycles. The van der Waals surface area contributed by atoms with E-state index in [-0.39, 0.29) is 24.8 Å². The lowest BCUT2D eigenvalue weighted by molar-refractivity contribution is -0.158. The van der Waals surface area contributed by atoms with Crippen LogP contribution in [0.25, 0.3) is 0 Å². The fourth-order valence-electron chi connectivity index (χ4n) is 1.83.